The Kier molecular flexibility index (Phi) is 5.36. The number of aliphatic imine (C=N–C) groups is 2. The van der Waals surface area contributed by atoms with Gasteiger partial charge >= 0.3 is 0 Å². The van der Waals surface area contributed by atoms with Crippen molar-refractivity contribution in [3.8, 4) is 0 Å². The summed E-state index contributed by atoms with van der Waals surface area (Å²) in [4.78, 5) is 26.5. The standard InChI is InChI=1S/C24H29N5O2/c1-16-4-3-5-19(12-16)14-28-9-6-18(7-10-28)13-26-23(30)20-17(2)31-24-21(20)22-25-8-11-29(22)15-27-24/h3-5,12,15,18H,6-11,13-14H2,1-2H3,(H,26,30). The van der Waals surface area contributed by atoms with Crippen LogP contribution in [0.1, 0.15) is 45.7 Å². The number of hydrogen-bond donors (Lipinski definition) is 1. The van der Waals surface area contributed by atoms with Gasteiger partial charge in [-0.25, -0.2) is 4.99 Å². The SMILES string of the molecule is Cc1cccc(CN2CCC(CNC(=O)c3c(C)oc4c3C3=NCCN3C=N4)CC2)c1. The van der Waals surface area contributed by atoms with Crippen molar-refractivity contribution in [3.63, 3.8) is 0 Å². The van der Waals surface area contributed by atoms with Gasteiger partial charge < -0.3 is 14.6 Å². The van der Waals surface area contributed by atoms with E-state index in [9.17, 15) is 4.79 Å². The molecule has 0 saturated carbocycles. The molecule has 0 bridgehead atoms. The number of nitrogens with one attached hydrogen (secondary N) is 1. The van der Waals surface area contributed by atoms with Crippen LogP contribution < -0.4 is 5.32 Å². The maximum absolute atomic E-state index is 13.1. The van der Waals surface area contributed by atoms with Gasteiger partial charge in [0.1, 0.15) is 17.9 Å². The van der Waals surface area contributed by atoms with Crippen molar-refractivity contribution < 1.29 is 9.21 Å². The van der Waals surface area contributed by atoms with Crippen LogP contribution in [-0.4, -0.2) is 60.6 Å². The second kappa shape index (κ2) is 8.30. The molecule has 1 N–H and O–H groups in total. The van der Waals surface area contributed by atoms with Crippen LogP contribution in [0, 0.1) is 19.8 Å². The van der Waals surface area contributed by atoms with Crippen LogP contribution >= 0.6 is 0 Å². The van der Waals surface area contributed by atoms with E-state index in [0.29, 0.717) is 36.2 Å². The van der Waals surface area contributed by atoms with Crippen LogP contribution in [0.2, 0.25) is 0 Å². The van der Waals surface area contributed by atoms with Crippen molar-refractivity contribution in [2.24, 2.45) is 15.9 Å². The Labute approximate surface area is 182 Å². The summed E-state index contributed by atoms with van der Waals surface area (Å²) in [7, 11) is 0. The summed E-state index contributed by atoms with van der Waals surface area (Å²) in [6, 6.07) is 8.73. The van der Waals surface area contributed by atoms with Crippen molar-refractivity contribution in [1.82, 2.24) is 15.1 Å². The Morgan fingerprint density at radius 2 is 2.06 bits per heavy atom. The van der Waals surface area contributed by atoms with Crippen molar-refractivity contribution >= 4 is 24.0 Å². The van der Waals surface area contributed by atoms with Crippen LogP contribution in [-0.2, 0) is 6.54 Å². The molecule has 0 atom stereocenters. The molecule has 1 saturated heterocycles. The summed E-state index contributed by atoms with van der Waals surface area (Å²) in [6.07, 6.45) is 3.93. The van der Waals surface area contributed by atoms with Gasteiger partial charge in [-0.3, -0.25) is 14.7 Å². The molecule has 1 aromatic carbocycles. The number of amidine groups is 1. The highest BCUT2D eigenvalue weighted by Gasteiger charge is 2.33. The fourth-order valence-electron chi connectivity index (χ4n) is 4.76. The summed E-state index contributed by atoms with van der Waals surface area (Å²) >= 11 is 0. The minimum absolute atomic E-state index is 0.0867. The topological polar surface area (TPSA) is 73.4 Å². The quantitative estimate of drug-likeness (QED) is 0.807. The van der Waals surface area contributed by atoms with E-state index in [0.717, 1.165) is 50.4 Å². The highest BCUT2D eigenvalue weighted by Crippen LogP contribution is 2.34. The van der Waals surface area contributed by atoms with E-state index in [2.05, 4.69) is 51.4 Å². The maximum Gasteiger partial charge on any atom is 0.255 e. The number of rotatable bonds is 5. The largest absolute Gasteiger partial charge is 0.442 e. The Bertz CT molecular complexity index is 1050. The Balaban J connectivity index is 1.17. The number of fused-ring (bicyclic) bond motifs is 3. The predicted octanol–water partition coefficient (Wildman–Crippen LogP) is 3.27. The molecule has 0 spiro atoms. The number of aryl methyl sites for hydroxylation is 2. The molecule has 1 aromatic heterocycles. The number of hydrogen-bond acceptors (Lipinski definition) is 6. The first-order valence-electron chi connectivity index (χ1n) is 11.1. The lowest BCUT2D eigenvalue weighted by molar-refractivity contribution is 0.0933. The maximum atomic E-state index is 13.1. The first-order valence-corrected chi connectivity index (χ1v) is 11.1. The number of amides is 1. The lowest BCUT2D eigenvalue weighted by Crippen LogP contribution is -2.39. The monoisotopic (exact) mass is 419 g/mol. The van der Waals surface area contributed by atoms with Crippen molar-refractivity contribution in [2.45, 2.75) is 33.2 Å². The second-order valence-corrected chi connectivity index (χ2v) is 8.78. The molecule has 7 heteroatoms. The number of piperidine rings is 1. The summed E-state index contributed by atoms with van der Waals surface area (Å²) < 4.78 is 5.76. The number of likely N-dealkylation sites (tertiary alicyclic amines) is 1. The molecule has 3 aliphatic rings. The van der Waals surface area contributed by atoms with E-state index >= 15 is 0 Å². The third-order valence-corrected chi connectivity index (χ3v) is 6.45. The van der Waals surface area contributed by atoms with Crippen LogP contribution in [0.25, 0.3) is 0 Å². The van der Waals surface area contributed by atoms with E-state index in [1.165, 1.54) is 11.1 Å². The highest BCUT2D eigenvalue weighted by atomic mass is 16.4. The van der Waals surface area contributed by atoms with E-state index in [1.807, 2.05) is 11.8 Å². The minimum Gasteiger partial charge on any atom is -0.442 e. The molecule has 0 unspecified atom stereocenters. The van der Waals surface area contributed by atoms with E-state index in [4.69, 9.17) is 4.42 Å². The Hall–Kier alpha value is -2.93. The summed E-state index contributed by atoms with van der Waals surface area (Å²) in [5.74, 6) is 2.31. The smallest absolute Gasteiger partial charge is 0.255 e. The number of carbonyl (C=O) groups is 1. The molecule has 2 aromatic rings. The average molecular weight is 420 g/mol. The van der Waals surface area contributed by atoms with Gasteiger partial charge in [-0.2, -0.15) is 0 Å². The normalized spacial score (nSPS) is 18.6. The third kappa shape index (κ3) is 4.02. The first kappa shape index (κ1) is 20.0. The summed E-state index contributed by atoms with van der Waals surface area (Å²) in [5, 5.41) is 3.15. The average Bonchev–Trinajstić information content (AvgIpc) is 3.36. The molecule has 0 aliphatic carbocycles. The molecule has 162 valence electrons. The fraction of sp³-hybridized carbons (Fsp3) is 0.458. The van der Waals surface area contributed by atoms with Gasteiger partial charge in [-0.1, -0.05) is 29.8 Å². The van der Waals surface area contributed by atoms with Gasteiger partial charge in [0, 0.05) is 19.6 Å². The van der Waals surface area contributed by atoms with Crippen molar-refractivity contribution in [1.29, 1.82) is 0 Å². The zero-order chi connectivity index (χ0) is 21.4. The van der Waals surface area contributed by atoms with Gasteiger partial charge in [-0.05, 0) is 51.3 Å². The lowest BCUT2D eigenvalue weighted by atomic mass is 9.96. The molecular formula is C24H29N5O2. The van der Waals surface area contributed by atoms with E-state index in [1.54, 1.807) is 6.34 Å². The number of benzene rings is 1. The molecule has 1 amide bonds. The van der Waals surface area contributed by atoms with Gasteiger partial charge in [0.05, 0.1) is 17.7 Å². The lowest BCUT2D eigenvalue weighted by Gasteiger charge is -2.32. The molecule has 1 fully saturated rings. The van der Waals surface area contributed by atoms with Crippen LogP contribution in [0.3, 0.4) is 0 Å². The van der Waals surface area contributed by atoms with Crippen LogP contribution in [0.4, 0.5) is 5.88 Å². The Morgan fingerprint density at radius 1 is 1.23 bits per heavy atom. The number of nitrogens with zero attached hydrogens (tertiary/aromatic N) is 4. The van der Waals surface area contributed by atoms with E-state index < -0.39 is 0 Å². The molecule has 5 rings (SSSR count). The van der Waals surface area contributed by atoms with Gasteiger partial charge in [0.2, 0.25) is 5.88 Å². The minimum atomic E-state index is -0.0867. The number of furan rings is 1. The third-order valence-electron chi connectivity index (χ3n) is 6.45. The highest BCUT2D eigenvalue weighted by molar-refractivity contribution is 6.17. The second-order valence-electron chi connectivity index (χ2n) is 8.78. The molecule has 4 heterocycles. The predicted molar refractivity (Wildman–Crippen MR) is 121 cm³/mol. The van der Waals surface area contributed by atoms with Gasteiger partial charge in [0.15, 0.2) is 0 Å². The van der Waals surface area contributed by atoms with E-state index in [-0.39, 0.29) is 5.91 Å². The zero-order valence-electron chi connectivity index (χ0n) is 18.2. The van der Waals surface area contributed by atoms with Gasteiger partial charge in [-0.15, -0.1) is 0 Å². The molecule has 0 radical (unpaired) electrons. The van der Waals surface area contributed by atoms with Crippen LogP contribution in [0.5, 0.6) is 0 Å². The van der Waals surface area contributed by atoms with Gasteiger partial charge in [0.25, 0.3) is 5.91 Å². The summed E-state index contributed by atoms with van der Waals surface area (Å²) in [5.41, 5.74) is 4.00. The fourth-order valence-corrected chi connectivity index (χ4v) is 4.76. The van der Waals surface area contributed by atoms with Crippen molar-refractivity contribution in [3.05, 3.63) is 52.3 Å². The zero-order valence-corrected chi connectivity index (χ0v) is 18.2. The molecule has 31 heavy (non-hydrogen) atoms. The number of carbonyl (C=O) groups excluding carboxylic acids is 1. The Morgan fingerprint density at radius 3 is 2.87 bits per heavy atom. The van der Waals surface area contributed by atoms with Crippen LogP contribution in [0.15, 0.2) is 38.7 Å². The summed E-state index contributed by atoms with van der Waals surface area (Å²) in [6.45, 7) is 9.30. The molecule has 7 nitrogen and oxygen atoms in total. The molecular weight excluding hydrogens is 390 g/mol. The first-order chi connectivity index (χ1) is 15.1. The molecule has 3 aliphatic heterocycles. The van der Waals surface area contributed by atoms with Crippen molar-refractivity contribution in [2.75, 3.05) is 32.7 Å².